The number of hydrogen-bond acceptors (Lipinski definition) is 7. The van der Waals surface area contributed by atoms with Crippen LogP contribution in [-0.2, 0) is 22.6 Å². The molecule has 0 radical (unpaired) electrons. The van der Waals surface area contributed by atoms with Gasteiger partial charge in [0.1, 0.15) is 12.1 Å². The first kappa shape index (κ1) is 25.7. The Bertz CT molecular complexity index is 1490. The highest BCUT2D eigenvalue weighted by atomic mass is 35.5. The topological polar surface area (TPSA) is 129 Å². The normalized spacial score (nSPS) is 16.5. The van der Waals surface area contributed by atoms with E-state index in [1.807, 2.05) is 47.4 Å². The number of piperazine rings is 1. The number of H-pyrrole nitrogens is 1. The number of rotatable bonds is 7. The Morgan fingerprint density at radius 1 is 1.21 bits per heavy atom. The number of hydrogen-bond donors (Lipinski definition) is 3. The first-order chi connectivity index (χ1) is 18.2. The molecule has 2 aromatic heterocycles. The van der Waals surface area contributed by atoms with Crippen molar-refractivity contribution in [2.75, 3.05) is 25.4 Å². The van der Waals surface area contributed by atoms with E-state index in [1.165, 1.54) is 6.33 Å². The number of halogens is 1. The van der Waals surface area contributed by atoms with Crippen LogP contribution in [-0.4, -0.2) is 68.5 Å². The fourth-order valence-electron chi connectivity index (χ4n) is 4.82. The van der Waals surface area contributed by atoms with Gasteiger partial charge in [-0.1, -0.05) is 17.7 Å². The molecule has 1 saturated heterocycles. The number of nitrogens with one attached hydrogen (secondary N) is 2. The molecule has 38 heavy (non-hydrogen) atoms. The van der Waals surface area contributed by atoms with Crippen molar-refractivity contribution in [2.24, 2.45) is 0 Å². The van der Waals surface area contributed by atoms with Crippen molar-refractivity contribution in [3.05, 3.63) is 65.1 Å². The van der Waals surface area contributed by atoms with Crippen molar-refractivity contribution in [1.29, 1.82) is 0 Å². The lowest BCUT2D eigenvalue weighted by molar-refractivity contribution is -0.140. The Hall–Kier alpha value is -3.89. The standard InChI is InChI=1S/C27H30ClN7O3/c1-16(2)38-27(37)30-10-21-13-34(12-20-9-18-8-19(28)4-6-23(18)33-20)14-25(36)35(21)11-17-3-5-22-24(7-17)31-15-32-26(22)29/h3-9,15-16,21,33H,10-14H2,1-2H3,(H,30,37)(H2,29,31,32)/t21-/m0/s1. The highest BCUT2D eigenvalue weighted by molar-refractivity contribution is 6.31. The summed E-state index contributed by atoms with van der Waals surface area (Å²) in [5, 5.41) is 5.29. The van der Waals surface area contributed by atoms with Crippen molar-refractivity contribution in [2.45, 2.75) is 39.1 Å². The minimum Gasteiger partial charge on any atom is -0.447 e. The van der Waals surface area contributed by atoms with Gasteiger partial charge in [-0.2, -0.15) is 0 Å². The zero-order valence-corrected chi connectivity index (χ0v) is 22.0. The van der Waals surface area contributed by atoms with Crippen LogP contribution in [0.15, 0.2) is 48.8 Å². The molecule has 4 N–H and O–H groups in total. The quantitative estimate of drug-likeness (QED) is 0.329. The molecule has 1 aliphatic heterocycles. The lowest BCUT2D eigenvalue weighted by Crippen LogP contribution is -2.59. The molecule has 5 rings (SSSR count). The maximum absolute atomic E-state index is 13.4. The first-order valence-corrected chi connectivity index (χ1v) is 12.9. The van der Waals surface area contributed by atoms with Gasteiger partial charge in [0.25, 0.3) is 0 Å². The van der Waals surface area contributed by atoms with Gasteiger partial charge in [0, 0.05) is 53.2 Å². The molecule has 3 heterocycles. The number of anilines is 1. The minimum atomic E-state index is -0.505. The molecule has 0 saturated carbocycles. The molecule has 0 unspecified atom stereocenters. The molecule has 0 bridgehead atoms. The number of benzene rings is 2. The average Bonchev–Trinajstić information content (AvgIpc) is 3.25. The first-order valence-electron chi connectivity index (χ1n) is 12.5. The van der Waals surface area contributed by atoms with E-state index in [0.29, 0.717) is 30.5 Å². The number of carbonyl (C=O) groups excluding carboxylic acids is 2. The summed E-state index contributed by atoms with van der Waals surface area (Å²) in [6.45, 7) is 5.62. The summed E-state index contributed by atoms with van der Waals surface area (Å²) in [6.07, 6.45) is 0.684. The monoisotopic (exact) mass is 535 g/mol. The van der Waals surface area contributed by atoms with Gasteiger partial charge in [-0.3, -0.25) is 9.69 Å². The van der Waals surface area contributed by atoms with Crippen molar-refractivity contribution in [3.8, 4) is 0 Å². The van der Waals surface area contributed by atoms with Crippen LogP contribution >= 0.6 is 11.6 Å². The molecule has 198 valence electrons. The summed E-state index contributed by atoms with van der Waals surface area (Å²) in [4.78, 5) is 41.3. The number of alkyl carbamates (subject to hydrolysis) is 1. The smallest absolute Gasteiger partial charge is 0.407 e. The predicted octanol–water partition coefficient (Wildman–Crippen LogP) is 3.69. The molecule has 4 aromatic rings. The van der Waals surface area contributed by atoms with E-state index in [1.54, 1.807) is 13.8 Å². The highest BCUT2D eigenvalue weighted by Crippen LogP contribution is 2.24. The number of aromatic amines is 1. The van der Waals surface area contributed by atoms with Crippen LogP contribution in [0.4, 0.5) is 10.6 Å². The Labute approximate surface area is 225 Å². The number of nitrogen functional groups attached to an aromatic ring is 1. The fraction of sp³-hybridized carbons (Fsp3) is 0.333. The van der Waals surface area contributed by atoms with Crippen LogP contribution in [0.3, 0.4) is 0 Å². The van der Waals surface area contributed by atoms with Crippen molar-refractivity contribution in [1.82, 2.24) is 30.1 Å². The van der Waals surface area contributed by atoms with Crippen LogP contribution in [0.1, 0.15) is 25.1 Å². The molecular formula is C27H30ClN7O3. The molecule has 1 aliphatic rings. The second kappa shape index (κ2) is 10.8. The Kier molecular flexibility index (Phi) is 7.35. The summed E-state index contributed by atoms with van der Waals surface area (Å²) in [7, 11) is 0. The summed E-state index contributed by atoms with van der Waals surface area (Å²) in [5.74, 6) is 0.387. The van der Waals surface area contributed by atoms with Gasteiger partial charge in [-0.15, -0.1) is 0 Å². The van der Waals surface area contributed by atoms with Crippen LogP contribution < -0.4 is 11.1 Å². The number of amides is 2. The molecule has 1 fully saturated rings. The number of ether oxygens (including phenoxy) is 1. The lowest BCUT2D eigenvalue weighted by Gasteiger charge is -2.41. The SMILES string of the molecule is CC(C)OC(=O)NC[C@H]1CN(Cc2cc3cc(Cl)ccc3[nH]2)CC(=O)N1Cc1ccc2c(N)ncnc2c1. The summed E-state index contributed by atoms with van der Waals surface area (Å²) in [5.41, 5.74) is 9.58. The second-order valence-electron chi connectivity index (χ2n) is 9.82. The molecule has 0 spiro atoms. The van der Waals surface area contributed by atoms with E-state index in [9.17, 15) is 9.59 Å². The van der Waals surface area contributed by atoms with Gasteiger partial charge in [0.05, 0.1) is 24.2 Å². The van der Waals surface area contributed by atoms with E-state index in [2.05, 4.69) is 25.2 Å². The largest absolute Gasteiger partial charge is 0.447 e. The predicted molar refractivity (Wildman–Crippen MR) is 146 cm³/mol. The van der Waals surface area contributed by atoms with E-state index in [4.69, 9.17) is 22.1 Å². The lowest BCUT2D eigenvalue weighted by atomic mass is 10.1. The molecular weight excluding hydrogens is 506 g/mol. The van der Waals surface area contributed by atoms with Crippen LogP contribution in [0.2, 0.25) is 5.02 Å². The van der Waals surface area contributed by atoms with Crippen molar-refractivity contribution in [3.63, 3.8) is 0 Å². The third kappa shape index (κ3) is 5.81. The summed E-state index contributed by atoms with van der Waals surface area (Å²) >= 11 is 6.14. The third-order valence-electron chi connectivity index (χ3n) is 6.53. The minimum absolute atomic E-state index is 0.0262. The molecule has 1 atom stereocenters. The molecule has 2 aromatic carbocycles. The van der Waals surface area contributed by atoms with E-state index in [-0.39, 0.29) is 31.1 Å². The van der Waals surface area contributed by atoms with Gasteiger partial charge >= 0.3 is 6.09 Å². The van der Waals surface area contributed by atoms with Gasteiger partial charge in [-0.25, -0.2) is 14.8 Å². The van der Waals surface area contributed by atoms with Crippen LogP contribution in [0, 0.1) is 0 Å². The van der Waals surface area contributed by atoms with Gasteiger partial charge in [0.15, 0.2) is 0 Å². The molecule has 10 nitrogen and oxygen atoms in total. The van der Waals surface area contributed by atoms with Gasteiger partial charge in [0.2, 0.25) is 5.91 Å². The van der Waals surface area contributed by atoms with E-state index < -0.39 is 6.09 Å². The van der Waals surface area contributed by atoms with Crippen molar-refractivity contribution >= 4 is 51.2 Å². The number of nitrogens with zero attached hydrogens (tertiary/aromatic N) is 4. The highest BCUT2D eigenvalue weighted by Gasteiger charge is 2.33. The molecule has 11 heteroatoms. The Balaban J connectivity index is 1.34. The zero-order valence-electron chi connectivity index (χ0n) is 21.3. The fourth-order valence-corrected chi connectivity index (χ4v) is 5.00. The maximum atomic E-state index is 13.4. The number of carbonyl (C=O) groups is 2. The second-order valence-corrected chi connectivity index (χ2v) is 10.3. The number of aromatic nitrogens is 3. The summed E-state index contributed by atoms with van der Waals surface area (Å²) in [6, 6.07) is 13.2. The van der Waals surface area contributed by atoms with Crippen LogP contribution in [0.25, 0.3) is 21.8 Å². The van der Waals surface area contributed by atoms with Gasteiger partial charge in [-0.05, 0) is 55.8 Å². The summed E-state index contributed by atoms with van der Waals surface area (Å²) < 4.78 is 5.24. The number of nitrogens with two attached hydrogens (primary N) is 1. The zero-order chi connectivity index (χ0) is 26.8. The molecule has 2 amide bonds. The average molecular weight is 536 g/mol. The number of fused-ring (bicyclic) bond motifs is 2. The van der Waals surface area contributed by atoms with E-state index in [0.717, 1.165) is 33.1 Å². The maximum Gasteiger partial charge on any atom is 0.407 e. The van der Waals surface area contributed by atoms with Crippen LogP contribution in [0.5, 0.6) is 0 Å². The van der Waals surface area contributed by atoms with E-state index >= 15 is 0 Å². The van der Waals surface area contributed by atoms with Crippen molar-refractivity contribution < 1.29 is 14.3 Å². The van der Waals surface area contributed by atoms with Gasteiger partial charge < -0.3 is 25.7 Å². The molecule has 0 aliphatic carbocycles. The third-order valence-corrected chi connectivity index (χ3v) is 6.77. The Morgan fingerprint density at radius 3 is 2.87 bits per heavy atom. The Morgan fingerprint density at radius 2 is 2.05 bits per heavy atom.